The molecule has 33 heavy (non-hydrogen) atoms. The van der Waals surface area contributed by atoms with Crippen molar-refractivity contribution < 1.29 is 14.6 Å². The highest BCUT2D eigenvalue weighted by Crippen LogP contribution is 2.24. The lowest BCUT2D eigenvalue weighted by atomic mass is 10.1. The number of nitrogens with one attached hydrogen (secondary N) is 1. The van der Waals surface area contributed by atoms with E-state index in [-0.39, 0.29) is 18.3 Å². The Morgan fingerprint density at radius 2 is 1.85 bits per heavy atom. The summed E-state index contributed by atoms with van der Waals surface area (Å²) < 4.78 is 8.77. The number of aromatic nitrogens is 3. The number of ether oxygens (including phenoxy) is 1. The van der Waals surface area contributed by atoms with Crippen molar-refractivity contribution in [3.63, 3.8) is 0 Å². The van der Waals surface area contributed by atoms with Crippen LogP contribution in [-0.4, -0.2) is 31.5 Å². The number of benzene rings is 2. The second-order valence-electron chi connectivity index (χ2n) is 8.54. The molecule has 2 aromatic carbocycles. The van der Waals surface area contributed by atoms with Crippen LogP contribution in [0.2, 0.25) is 0 Å². The molecule has 0 fully saturated rings. The summed E-state index contributed by atoms with van der Waals surface area (Å²) in [7, 11) is 0. The number of hydrogen-bond donors (Lipinski definition) is 2. The minimum Gasteiger partial charge on any atom is -0.490 e. The molecular weight excluding hydrogens is 420 g/mol. The molecule has 2 atom stereocenters. The molecule has 8 nitrogen and oxygen atoms in total. The van der Waals surface area contributed by atoms with E-state index in [2.05, 4.69) is 17.0 Å². The van der Waals surface area contributed by atoms with Gasteiger partial charge in [-0.05, 0) is 56.5 Å². The number of nitrogens with zero attached hydrogens (tertiary/aromatic N) is 3. The number of aliphatic carboxylic acids is 1. The highest BCUT2D eigenvalue weighted by Gasteiger charge is 2.16. The van der Waals surface area contributed by atoms with E-state index in [9.17, 15) is 14.7 Å². The van der Waals surface area contributed by atoms with Gasteiger partial charge in [0.1, 0.15) is 5.75 Å². The summed E-state index contributed by atoms with van der Waals surface area (Å²) in [6.07, 6.45) is 1.03. The SMILES string of the molecule is CC[C@@H](C)Oc1ccc(/N=c2\[nH]n(C[C@H](C)C(=O)O)c(=O)n2Cc2ccc(C)cc2)cc1C. The van der Waals surface area contributed by atoms with Crippen LogP contribution in [0.1, 0.15) is 43.9 Å². The summed E-state index contributed by atoms with van der Waals surface area (Å²) in [5, 5.41) is 12.3. The number of aryl methyl sites for hydroxylation is 2. The number of aromatic amines is 1. The molecule has 0 amide bonds. The topological polar surface area (TPSA) is 102 Å². The molecule has 0 saturated heterocycles. The molecule has 0 bridgehead atoms. The number of hydrogen-bond acceptors (Lipinski definition) is 4. The largest absolute Gasteiger partial charge is 0.490 e. The zero-order chi connectivity index (χ0) is 24.1. The van der Waals surface area contributed by atoms with Crippen LogP contribution >= 0.6 is 0 Å². The molecule has 0 saturated carbocycles. The highest BCUT2D eigenvalue weighted by atomic mass is 16.5. The van der Waals surface area contributed by atoms with Crippen LogP contribution in [0.5, 0.6) is 5.75 Å². The fourth-order valence-electron chi connectivity index (χ4n) is 3.30. The van der Waals surface area contributed by atoms with Gasteiger partial charge in [0.2, 0.25) is 5.62 Å². The van der Waals surface area contributed by atoms with Crippen LogP contribution in [0, 0.1) is 19.8 Å². The van der Waals surface area contributed by atoms with Gasteiger partial charge >= 0.3 is 11.7 Å². The average Bonchev–Trinajstić information content (AvgIpc) is 3.05. The van der Waals surface area contributed by atoms with Crippen molar-refractivity contribution in [3.8, 4) is 5.75 Å². The van der Waals surface area contributed by atoms with Gasteiger partial charge in [0.25, 0.3) is 0 Å². The zero-order valence-corrected chi connectivity index (χ0v) is 19.8. The number of carbonyl (C=O) groups is 1. The van der Waals surface area contributed by atoms with Crippen LogP contribution in [0.25, 0.3) is 0 Å². The highest BCUT2D eigenvalue weighted by molar-refractivity contribution is 5.69. The number of rotatable bonds is 9. The molecule has 0 aliphatic carbocycles. The van der Waals surface area contributed by atoms with Gasteiger partial charge in [-0.15, -0.1) is 0 Å². The fourth-order valence-corrected chi connectivity index (χ4v) is 3.30. The third kappa shape index (κ3) is 6.03. The standard InChI is InChI=1S/C25H32N4O4/c1-6-19(5)33-22-12-11-21(13-17(22)3)26-24-27-29(14-18(4)23(30)31)25(32)28(24)15-20-9-7-16(2)8-10-20/h7-13,18-19H,6,14-15H2,1-5H3,(H,26,27)(H,30,31)/t18-,19+/m0/s1. The molecule has 8 heteroatoms. The Balaban J connectivity index is 2.04. The van der Waals surface area contributed by atoms with Gasteiger partial charge in [-0.1, -0.05) is 43.7 Å². The smallest absolute Gasteiger partial charge is 0.345 e. The minimum absolute atomic E-state index is 0.0261. The Morgan fingerprint density at radius 1 is 1.15 bits per heavy atom. The van der Waals surface area contributed by atoms with Gasteiger partial charge in [-0.3, -0.25) is 14.5 Å². The van der Waals surface area contributed by atoms with Gasteiger partial charge in [0, 0.05) is 0 Å². The fraction of sp³-hybridized carbons (Fsp3) is 0.400. The molecule has 0 radical (unpaired) electrons. The van der Waals surface area contributed by atoms with E-state index in [0.29, 0.717) is 17.9 Å². The Morgan fingerprint density at radius 3 is 2.45 bits per heavy atom. The van der Waals surface area contributed by atoms with Crippen LogP contribution in [0.15, 0.2) is 52.3 Å². The normalized spacial score (nSPS) is 13.7. The lowest BCUT2D eigenvalue weighted by Crippen LogP contribution is -2.31. The predicted octanol–water partition coefficient (Wildman–Crippen LogP) is 3.77. The molecule has 1 aromatic heterocycles. The molecule has 2 N–H and O–H groups in total. The van der Waals surface area contributed by atoms with Crippen molar-refractivity contribution in [2.75, 3.05) is 0 Å². The first kappa shape index (κ1) is 24.1. The summed E-state index contributed by atoms with van der Waals surface area (Å²) in [6, 6.07) is 13.5. The zero-order valence-electron chi connectivity index (χ0n) is 19.8. The first-order valence-electron chi connectivity index (χ1n) is 11.2. The van der Waals surface area contributed by atoms with Crippen molar-refractivity contribution in [1.82, 2.24) is 14.3 Å². The van der Waals surface area contributed by atoms with Gasteiger partial charge in [-0.2, -0.15) is 0 Å². The number of H-pyrrole nitrogens is 1. The van der Waals surface area contributed by atoms with Crippen molar-refractivity contribution >= 4 is 11.7 Å². The average molecular weight is 453 g/mol. The third-order valence-corrected chi connectivity index (χ3v) is 5.59. The van der Waals surface area contributed by atoms with Crippen LogP contribution in [-0.2, 0) is 17.9 Å². The van der Waals surface area contributed by atoms with E-state index in [1.807, 2.05) is 63.2 Å². The molecule has 176 valence electrons. The molecule has 3 aromatic rings. The Bertz CT molecular complexity index is 1230. The maximum atomic E-state index is 13.1. The van der Waals surface area contributed by atoms with E-state index in [0.717, 1.165) is 28.9 Å². The van der Waals surface area contributed by atoms with E-state index in [4.69, 9.17) is 4.74 Å². The van der Waals surface area contributed by atoms with Crippen LogP contribution in [0.3, 0.4) is 0 Å². The van der Waals surface area contributed by atoms with Gasteiger partial charge in [0.05, 0.1) is 30.8 Å². The Kier molecular flexibility index (Phi) is 7.58. The second-order valence-corrected chi connectivity index (χ2v) is 8.54. The maximum absolute atomic E-state index is 13.1. The van der Waals surface area contributed by atoms with Crippen molar-refractivity contribution in [2.45, 2.75) is 60.2 Å². The van der Waals surface area contributed by atoms with Crippen LogP contribution in [0.4, 0.5) is 5.69 Å². The van der Waals surface area contributed by atoms with Crippen molar-refractivity contribution in [1.29, 1.82) is 0 Å². The van der Waals surface area contributed by atoms with Crippen molar-refractivity contribution in [2.24, 2.45) is 10.9 Å². The molecule has 0 unspecified atom stereocenters. The minimum atomic E-state index is -0.965. The molecule has 3 rings (SSSR count). The molecule has 0 spiro atoms. The monoisotopic (exact) mass is 452 g/mol. The molecule has 0 aliphatic rings. The summed E-state index contributed by atoms with van der Waals surface area (Å²) in [5.41, 5.74) is 3.71. The quantitative estimate of drug-likeness (QED) is 0.516. The maximum Gasteiger partial charge on any atom is 0.345 e. The van der Waals surface area contributed by atoms with E-state index < -0.39 is 11.9 Å². The first-order chi connectivity index (χ1) is 15.7. The Labute approximate surface area is 193 Å². The molecule has 1 heterocycles. The van der Waals surface area contributed by atoms with E-state index in [1.165, 1.54) is 9.25 Å². The summed E-state index contributed by atoms with van der Waals surface area (Å²) >= 11 is 0. The van der Waals surface area contributed by atoms with E-state index >= 15 is 0 Å². The lowest BCUT2D eigenvalue weighted by molar-refractivity contribution is -0.141. The predicted molar refractivity (Wildman–Crippen MR) is 127 cm³/mol. The molecular formula is C25H32N4O4. The third-order valence-electron chi connectivity index (χ3n) is 5.59. The molecule has 0 aliphatic heterocycles. The van der Waals surface area contributed by atoms with E-state index in [1.54, 1.807) is 6.92 Å². The van der Waals surface area contributed by atoms with Gasteiger partial charge in [0.15, 0.2) is 0 Å². The van der Waals surface area contributed by atoms with Gasteiger partial charge in [-0.25, -0.2) is 14.5 Å². The Hall–Kier alpha value is -3.55. The summed E-state index contributed by atoms with van der Waals surface area (Å²) in [4.78, 5) is 29.1. The number of carboxylic acid groups (broad SMARTS) is 1. The van der Waals surface area contributed by atoms with Crippen molar-refractivity contribution in [3.05, 3.63) is 75.3 Å². The lowest BCUT2D eigenvalue weighted by Gasteiger charge is -2.14. The van der Waals surface area contributed by atoms with Crippen LogP contribution < -0.4 is 16.0 Å². The van der Waals surface area contributed by atoms with Gasteiger partial charge < -0.3 is 9.84 Å². The first-order valence-corrected chi connectivity index (χ1v) is 11.2. The number of carboxylic acids is 1. The summed E-state index contributed by atoms with van der Waals surface area (Å²) in [5.74, 6) is -0.883. The summed E-state index contributed by atoms with van der Waals surface area (Å²) in [6.45, 7) is 9.97. The second kappa shape index (κ2) is 10.4.